The van der Waals surface area contributed by atoms with E-state index < -0.39 is 0 Å². The van der Waals surface area contributed by atoms with Gasteiger partial charge in [0.25, 0.3) is 0 Å². The van der Waals surface area contributed by atoms with E-state index in [1.807, 2.05) is 12.1 Å². The third-order valence-electron chi connectivity index (χ3n) is 3.04. The smallest absolute Gasteiger partial charge is 0.123 e. The number of para-hydroxylation sites is 1. The van der Waals surface area contributed by atoms with Gasteiger partial charge in [0.05, 0.1) is 6.61 Å². The van der Waals surface area contributed by atoms with Crippen LogP contribution in [0.5, 0.6) is 5.75 Å². The van der Waals surface area contributed by atoms with E-state index in [1.54, 1.807) is 0 Å². The SMILES string of the molecule is NC1CC12COc1ccccc12. The van der Waals surface area contributed by atoms with Gasteiger partial charge in [-0.2, -0.15) is 0 Å². The topological polar surface area (TPSA) is 35.2 Å². The van der Waals surface area contributed by atoms with Gasteiger partial charge < -0.3 is 10.5 Å². The quantitative estimate of drug-likeness (QED) is 0.617. The Balaban J connectivity index is 2.15. The second kappa shape index (κ2) is 1.83. The van der Waals surface area contributed by atoms with Crippen LogP contribution >= 0.6 is 0 Å². The van der Waals surface area contributed by atoms with Gasteiger partial charge in [0.2, 0.25) is 0 Å². The van der Waals surface area contributed by atoms with Gasteiger partial charge in [-0.3, -0.25) is 0 Å². The number of hydrogen-bond donors (Lipinski definition) is 1. The Hall–Kier alpha value is -1.02. The van der Waals surface area contributed by atoms with Gasteiger partial charge in [-0.05, 0) is 12.5 Å². The summed E-state index contributed by atoms with van der Waals surface area (Å²) in [4.78, 5) is 0. The molecule has 2 heteroatoms. The Labute approximate surface area is 71.3 Å². The molecule has 1 heterocycles. The molecule has 0 radical (unpaired) electrons. The highest BCUT2D eigenvalue weighted by molar-refractivity contribution is 5.49. The van der Waals surface area contributed by atoms with E-state index in [1.165, 1.54) is 5.56 Å². The average Bonchev–Trinajstić information content (AvgIpc) is 2.58. The van der Waals surface area contributed by atoms with E-state index in [4.69, 9.17) is 10.5 Å². The molecule has 1 aliphatic carbocycles. The van der Waals surface area contributed by atoms with Crippen molar-refractivity contribution in [1.82, 2.24) is 0 Å². The molecule has 2 N–H and O–H groups in total. The predicted octanol–water partition coefficient (Wildman–Crippen LogP) is 1.05. The van der Waals surface area contributed by atoms with Crippen molar-refractivity contribution in [1.29, 1.82) is 0 Å². The molecule has 2 atom stereocenters. The molecular weight excluding hydrogens is 150 g/mol. The molecule has 0 saturated heterocycles. The summed E-state index contributed by atoms with van der Waals surface area (Å²) >= 11 is 0. The van der Waals surface area contributed by atoms with Gasteiger partial charge in [0.1, 0.15) is 5.75 Å². The zero-order chi connectivity index (χ0) is 8.18. The summed E-state index contributed by atoms with van der Waals surface area (Å²) in [7, 11) is 0. The fourth-order valence-corrected chi connectivity index (χ4v) is 2.10. The molecule has 2 unspecified atom stereocenters. The highest BCUT2D eigenvalue weighted by Crippen LogP contribution is 2.54. The predicted molar refractivity (Wildman–Crippen MR) is 46.2 cm³/mol. The first-order chi connectivity index (χ1) is 5.83. The van der Waals surface area contributed by atoms with Crippen LogP contribution in [0.3, 0.4) is 0 Å². The van der Waals surface area contributed by atoms with Crippen LogP contribution in [0.1, 0.15) is 12.0 Å². The first-order valence-electron chi connectivity index (χ1n) is 4.31. The van der Waals surface area contributed by atoms with Crippen LogP contribution in [0.25, 0.3) is 0 Å². The van der Waals surface area contributed by atoms with Gasteiger partial charge in [0.15, 0.2) is 0 Å². The Morgan fingerprint density at radius 1 is 1.42 bits per heavy atom. The summed E-state index contributed by atoms with van der Waals surface area (Å²) < 4.78 is 5.57. The maximum atomic E-state index is 5.90. The van der Waals surface area contributed by atoms with E-state index in [0.717, 1.165) is 18.8 Å². The number of hydrogen-bond acceptors (Lipinski definition) is 2. The van der Waals surface area contributed by atoms with Crippen molar-refractivity contribution in [2.75, 3.05) is 6.61 Å². The summed E-state index contributed by atoms with van der Waals surface area (Å²) in [6.07, 6.45) is 1.09. The van der Waals surface area contributed by atoms with Crippen molar-refractivity contribution in [2.24, 2.45) is 5.73 Å². The number of fused-ring (bicyclic) bond motifs is 2. The van der Waals surface area contributed by atoms with Crippen LogP contribution in [-0.2, 0) is 5.41 Å². The normalized spacial score (nSPS) is 36.2. The van der Waals surface area contributed by atoms with Crippen LogP contribution in [-0.4, -0.2) is 12.6 Å². The number of rotatable bonds is 0. The molecule has 1 aromatic rings. The van der Waals surface area contributed by atoms with E-state index in [0.29, 0.717) is 6.04 Å². The summed E-state index contributed by atoms with van der Waals surface area (Å²) in [5, 5.41) is 0. The molecule has 0 bridgehead atoms. The first-order valence-corrected chi connectivity index (χ1v) is 4.31. The molecule has 0 amide bonds. The lowest BCUT2D eigenvalue weighted by Crippen LogP contribution is -2.19. The minimum atomic E-state index is 0.191. The van der Waals surface area contributed by atoms with Crippen LogP contribution in [0.2, 0.25) is 0 Å². The molecule has 1 saturated carbocycles. The maximum Gasteiger partial charge on any atom is 0.123 e. The molecule has 3 rings (SSSR count). The third-order valence-corrected chi connectivity index (χ3v) is 3.04. The minimum absolute atomic E-state index is 0.191. The molecule has 62 valence electrons. The number of benzene rings is 1. The van der Waals surface area contributed by atoms with E-state index >= 15 is 0 Å². The molecular formula is C10H11NO. The van der Waals surface area contributed by atoms with E-state index in [9.17, 15) is 0 Å². The zero-order valence-electron chi connectivity index (χ0n) is 6.79. The Morgan fingerprint density at radius 3 is 2.92 bits per heavy atom. The van der Waals surface area contributed by atoms with E-state index in [-0.39, 0.29) is 5.41 Å². The summed E-state index contributed by atoms with van der Waals surface area (Å²) in [6, 6.07) is 8.54. The summed E-state index contributed by atoms with van der Waals surface area (Å²) in [6.45, 7) is 0.785. The van der Waals surface area contributed by atoms with Gasteiger partial charge in [-0.15, -0.1) is 0 Å². The molecule has 1 aliphatic heterocycles. The number of ether oxygens (including phenoxy) is 1. The van der Waals surface area contributed by atoms with Gasteiger partial charge in [0, 0.05) is 17.0 Å². The van der Waals surface area contributed by atoms with E-state index in [2.05, 4.69) is 12.1 Å². The second-order valence-electron chi connectivity index (χ2n) is 3.75. The average molecular weight is 161 g/mol. The van der Waals surface area contributed by atoms with Crippen LogP contribution in [0.4, 0.5) is 0 Å². The van der Waals surface area contributed by atoms with Crippen molar-refractivity contribution in [2.45, 2.75) is 17.9 Å². The summed E-state index contributed by atoms with van der Waals surface area (Å²) in [5.74, 6) is 1.03. The standard InChI is InChI=1S/C10H11NO/c11-9-5-10(9)6-12-8-4-2-1-3-7(8)10/h1-4,9H,5-6,11H2. The van der Waals surface area contributed by atoms with Crippen LogP contribution in [0.15, 0.2) is 24.3 Å². The molecule has 0 aromatic heterocycles. The maximum absolute atomic E-state index is 5.90. The van der Waals surface area contributed by atoms with Crippen LogP contribution < -0.4 is 10.5 Å². The molecule has 1 aromatic carbocycles. The van der Waals surface area contributed by atoms with Crippen LogP contribution in [0, 0.1) is 0 Å². The monoisotopic (exact) mass is 161 g/mol. The summed E-state index contributed by atoms with van der Waals surface area (Å²) in [5.41, 5.74) is 7.41. The van der Waals surface area contributed by atoms with Gasteiger partial charge >= 0.3 is 0 Å². The molecule has 2 aliphatic rings. The fourth-order valence-electron chi connectivity index (χ4n) is 2.10. The largest absolute Gasteiger partial charge is 0.492 e. The molecule has 1 spiro atoms. The fraction of sp³-hybridized carbons (Fsp3) is 0.400. The third kappa shape index (κ3) is 0.596. The van der Waals surface area contributed by atoms with Crippen molar-refractivity contribution in [3.8, 4) is 5.75 Å². The first kappa shape index (κ1) is 6.49. The molecule has 12 heavy (non-hydrogen) atoms. The lowest BCUT2D eigenvalue weighted by Gasteiger charge is -2.03. The van der Waals surface area contributed by atoms with Crippen molar-refractivity contribution >= 4 is 0 Å². The van der Waals surface area contributed by atoms with Crippen molar-refractivity contribution in [3.63, 3.8) is 0 Å². The minimum Gasteiger partial charge on any atom is -0.492 e. The highest BCUT2D eigenvalue weighted by Gasteiger charge is 2.58. The van der Waals surface area contributed by atoms with Crippen molar-refractivity contribution < 1.29 is 4.74 Å². The second-order valence-corrected chi connectivity index (χ2v) is 3.75. The Kier molecular flexibility index (Phi) is 0.989. The Morgan fingerprint density at radius 2 is 2.17 bits per heavy atom. The van der Waals surface area contributed by atoms with Gasteiger partial charge in [-0.25, -0.2) is 0 Å². The molecule has 1 fully saturated rings. The van der Waals surface area contributed by atoms with Crippen molar-refractivity contribution in [3.05, 3.63) is 29.8 Å². The Bertz CT molecular complexity index is 336. The molecule has 2 nitrogen and oxygen atoms in total. The lowest BCUT2D eigenvalue weighted by atomic mass is 9.98. The van der Waals surface area contributed by atoms with Gasteiger partial charge in [-0.1, -0.05) is 18.2 Å². The highest BCUT2D eigenvalue weighted by atomic mass is 16.5. The zero-order valence-corrected chi connectivity index (χ0v) is 6.79. The number of nitrogens with two attached hydrogens (primary N) is 1. The lowest BCUT2D eigenvalue weighted by molar-refractivity contribution is 0.320.